The molecule has 0 heterocycles. The van der Waals surface area contributed by atoms with E-state index in [1.807, 2.05) is 55.5 Å². The third kappa shape index (κ3) is 4.65. The minimum absolute atomic E-state index is 0.123. The molecule has 0 saturated carbocycles. The summed E-state index contributed by atoms with van der Waals surface area (Å²) in [4.78, 5) is 11.4. The van der Waals surface area contributed by atoms with Gasteiger partial charge in [0, 0.05) is 11.6 Å². The normalized spacial score (nSPS) is 14.8. The summed E-state index contributed by atoms with van der Waals surface area (Å²) in [6.07, 6.45) is 1.04. The smallest absolute Gasteiger partial charge is 0.276 e. The first kappa shape index (κ1) is 22.6. The van der Waals surface area contributed by atoms with Crippen molar-refractivity contribution in [1.29, 1.82) is 0 Å². The molecule has 0 amide bonds. The van der Waals surface area contributed by atoms with Gasteiger partial charge < -0.3 is 14.2 Å². The second-order valence-corrected chi connectivity index (χ2v) is 8.70. The summed E-state index contributed by atoms with van der Waals surface area (Å²) in [7, 11) is 1.61. The highest BCUT2D eigenvalue weighted by Crippen LogP contribution is 2.47. The van der Waals surface area contributed by atoms with Gasteiger partial charge in [-0.15, -0.1) is 0 Å². The number of nitrogens with zero attached hydrogens (tertiary/aromatic N) is 1. The summed E-state index contributed by atoms with van der Waals surface area (Å²) >= 11 is 0. The summed E-state index contributed by atoms with van der Waals surface area (Å²) in [5.74, 6) is 2.05. The first-order valence-corrected chi connectivity index (χ1v) is 11.2. The molecule has 0 fully saturated rings. The van der Waals surface area contributed by atoms with E-state index >= 15 is 0 Å². The first-order chi connectivity index (χ1) is 15.9. The van der Waals surface area contributed by atoms with E-state index in [-0.39, 0.29) is 16.5 Å². The number of methoxy groups -OCH3 is 1. The Kier molecular flexibility index (Phi) is 6.54. The van der Waals surface area contributed by atoms with Crippen molar-refractivity contribution in [2.45, 2.75) is 52.2 Å². The predicted molar refractivity (Wildman–Crippen MR) is 127 cm³/mol. The average Bonchev–Trinajstić information content (AvgIpc) is 3.19. The van der Waals surface area contributed by atoms with Gasteiger partial charge in [-0.3, -0.25) is 10.1 Å². The van der Waals surface area contributed by atoms with Gasteiger partial charge in [0.15, 0.2) is 11.5 Å². The standard InChI is InChI=1S/C27H29NO5/c1-17(2)25-22(32-16-19-8-6-5-7-9-19)12-13-24(27(25)31-4)33-23-11-10-20-14-18(3)15-21(26(20)23)28(29)30/h5-9,12-15,17,23H,10-11,16H2,1-4H3. The number of hydrogen-bond acceptors (Lipinski definition) is 5. The molecule has 6 nitrogen and oxygen atoms in total. The fourth-order valence-corrected chi connectivity index (χ4v) is 4.56. The highest BCUT2D eigenvalue weighted by Gasteiger charge is 2.33. The molecule has 172 valence electrons. The Hall–Kier alpha value is -3.54. The Morgan fingerprint density at radius 2 is 1.82 bits per heavy atom. The molecular formula is C27H29NO5. The van der Waals surface area contributed by atoms with Gasteiger partial charge in [0.25, 0.3) is 5.69 Å². The van der Waals surface area contributed by atoms with Gasteiger partial charge in [0.2, 0.25) is 0 Å². The molecule has 0 aliphatic heterocycles. The lowest BCUT2D eigenvalue weighted by atomic mass is 10.00. The van der Waals surface area contributed by atoms with Crippen molar-refractivity contribution < 1.29 is 19.1 Å². The van der Waals surface area contributed by atoms with Gasteiger partial charge in [-0.2, -0.15) is 0 Å². The van der Waals surface area contributed by atoms with Gasteiger partial charge in [0.05, 0.1) is 17.6 Å². The van der Waals surface area contributed by atoms with Gasteiger partial charge in [-0.05, 0) is 54.5 Å². The molecule has 0 aromatic heterocycles. The number of hydrogen-bond donors (Lipinski definition) is 0. The number of fused-ring (bicyclic) bond motifs is 1. The third-order valence-corrected chi connectivity index (χ3v) is 5.99. The van der Waals surface area contributed by atoms with Crippen LogP contribution in [0.5, 0.6) is 17.2 Å². The fraction of sp³-hybridized carbons (Fsp3) is 0.333. The Morgan fingerprint density at radius 3 is 2.48 bits per heavy atom. The topological polar surface area (TPSA) is 70.8 Å². The average molecular weight is 448 g/mol. The van der Waals surface area contributed by atoms with Crippen LogP contribution in [0.3, 0.4) is 0 Å². The minimum Gasteiger partial charge on any atom is -0.492 e. The van der Waals surface area contributed by atoms with Crippen molar-refractivity contribution in [3.8, 4) is 17.2 Å². The van der Waals surface area contributed by atoms with E-state index in [0.717, 1.165) is 34.4 Å². The van der Waals surface area contributed by atoms with E-state index in [4.69, 9.17) is 14.2 Å². The summed E-state index contributed by atoms with van der Waals surface area (Å²) in [6.45, 7) is 6.49. The maximum absolute atomic E-state index is 11.7. The second-order valence-electron chi connectivity index (χ2n) is 8.70. The Labute approximate surface area is 194 Å². The molecule has 0 saturated heterocycles. The molecule has 6 heteroatoms. The molecule has 33 heavy (non-hydrogen) atoms. The summed E-state index contributed by atoms with van der Waals surface area (Å²) in [5, 5.41) is 11.7. The van der Waals surface area contributed by atoms with Gasteiger partial charge in [-0.25, -0.2) is 0 Å². The summed E-state index contributed by atoms with van der Waals surface area (Å²) in [5.41, 5.74) is 4.67. The van der Waals surface area contributed by atoms with Crippen LogP contribution in [-0.2, 0) is 13.0 Å². The maximum atomic E-state index is 11.7. The SMILES string of the molecule is COc1c(OC2CCc3cc(C)cc([N+](=O)[O-])c32)ccc(OCc2ccccc2)c1C(C)C. The number of nitro benzene ring substituents is 1. The maximum Gasteiger partial charge on any atom is 0.276 e. The van der Waals surface area contributed by atoms with Crippen LogP contribution in [0.15, 0.2) is 54.6 Å². The fourth-order valence-electron chi connectivity index (χ4n) is 4.56. The molecule has 3 aromatic carbocycles. The first-order valence-electron chi connectivity index (χ1n) is 11.2. The van der Waals surface area contributed by atoms with Gasteiger partial charge in [-0.1, -0.05) is 50.2 Å². The van der Waals surface area contributed by atoms with Gasteiger partial charge in [0.1, 0.15) is 18.5 Å². The van der Waals surface area contributed by atoms with Crippen LogP contribution in [0, 0.1) is 17.0 Å². The number of aryl methyl sites for hydroxylation is 2. The van der Waals surface area contributed by atoms with Crippen LogP contribution in [0.1, 0.15) is 60.1 Å². The molecule has 1 aliphatic carbocycles. The van der Waals surface area contributed by atoms with Crippen molar-refractivity contribution in [2.24, 2.45) is 0 Å². The zero-order chi connectivity index (χ0) is 23.5. The molecule has 1 aliphatic rings. The molecule has 0 N–H and O–H groups in total. The number of nitro groups is 1. The van der Waals surface area contributed by atoms with E-state index in [0.29, 0.717) is 30.1 Å². The van der Waals surface area contributed by atoms with Crippen LogP contribution >= 0.6 is 0 Å². The second kappa shape index (κ2) is 9.53. The summed E-state index contributed by atoms with van der Waals surface area (Å²) < 4.78 is 18.3. The van der Waals surface area contributed by atoms with Crippen LogP contribution in [0.4, 0.5) is 5.69 Å². The third-order valence-electron chi connectivity index (χ3n) is 5.99. The Bertz CT molecular complexity index is 1160. The Morgan fingerprint density at radius 1 is 1.09 bits per heavy atom. The van der Waals surface area contributed by atoms with Crippen molar-refractivity contribution in [3.05, 3.63) is 92.5 Å². The number of benzene rings is 3. The molecule has 4 rings (SSSR count). The lowest BCUT2D eigenvalue weighted by Crippen LogP contribution is -2.09. The van der Waals surface area contributed by atoms with Crippen LogP contribution in [0.25, 0.3) is 0 Å². The van der Waals surface area contributed by atoms with Gasteiger partial charge >= 0.3 is 0 Å². The van der Waals surface area contributed by atoms with Crippen molar-refractivity contribution in [1.82, 2.24) is 0 Å². The molecule has 0 radical (unpaired) electrons. The number of ether oxygens (including phenoxy) is 3. The minimum atomic E-state index is -0.397. The molecular weight excluding hydrogens is 418 g/mol. The summed E-state index contributed by atoms with van der Waals surface area (Å²) in [6, 6.07) is 17.4. The number of rotatable bonds is 8. The predicted octanol–water partition coefficient (Wildman–Crippen LogP) is 6.68. The lowest BCUT2D eigenvalue weighted by molar-refractivity contribution is -0.386. The van der Waals surface area contributed by atoms with Crippen molar-refractivity contribution in [3.63, 3.8) is 0 Å². The lowest BCUT2D eigenvalue weighted by Gasteiger charge is -2.23. The quantitative estimate of drug-likeness (QED) is 0.284. The molecule has 0 spiro atoms. The van der Waals surface area contributed by atoms with Crippen LogP contribution in [-0.4, -0.2) is 12.0 Å². The van der Waals surface area contributed by atoms with Crippen molar-refractivity contribution >= 4 is 5.69 Å². The van der Waals surface area contributed by atoms with Crippen LogP contribution in [0.2, 0.25) is 0 Å². The highest BCUT2D eigenvalue weighted by atomic mass is 16.6. The molecule has 1 unspecified atom stereocenters. The monoisotopic (exact) mass is 447 g/mol. The Balaban J connectivity index is 1.66. The molecule has 0 bridgehead atoms. The zero-order valence-electron chi connectivity index (χ0n) is 19.5. The van der Waals surface area contributed by atoms with E-state index < -0.39 is 6.10 Å². The zero-order valence-corrected chi connectivity index (χ0v) is 19.5. The van der Waals surface area contributed by atoms with E-state index in [1.54, 1.807) is 13.2 Å². The largest absolute Gasteiger partial charge is 0.492 e. The van der Waals surface area contributed by atoms with E-state index in [2.05, 4.69) is 13.8 Å². The van der Waals surface area contributed by atoms with Crippen molar-refractivity contribution in [2.75, 3.05) is 7.11 Å². The van der Waals surface area contributed by atoms with E-state index in [9.17, 15) is 10.1 Å². The molecule has 1 atom stereocenters. The van der Waals surface area contributed by atoms with Crippen LogP contribution < -0.4 is 14.2 Å². The van der Waals surface area contributed by atoms with E-state index in [1.165, 1.54) is 0 Å². The molecule has 3 aromatic rings. The highest BCUT2D eigenvalue weighted by molar-refractivity contribution is 5.57.